The van der Waals surface area contributed by atoms with Gasteiger partial charge < -0.3 is 10.6 Å². The van der Waals surface area contributed by atoms with E-state index in [1.54, 1.807) is 0 Å². The summed E-state index contributed by atoms with van der Waals surface area (Å²) in [6.45, 7) is 1.89. The second kappa shape index (κ2) is 8.07. The first kappa shape index (κ1) is 18.6. The van der Waals surface area contributed by atoms with Crippen molar-refractivity contribution in [3.05, 3.63) is 66.7 Å². The summed E-state index contributed by atoms with van der Waals surface area (Å²) in [6, 6.07) is 21.6. The van der Waals surface area contributed by atoms with Gasteiger partial charge in [-0.05, 0) is 60.9 Å². The maximum absolute atomic E-state index is 12.6. The van der Waals surface area contributed by atoms with E-state index in [1.807, 2.05) is 67.6 Å². The normalized spacial score (nSPS) is 14.5. The lowest BCUT2D eigenvalue weighted by Gasteiger charge is -2.13. The predicted octanol–water partition coefficient (Wildman–Crippen LogP) is 5.31. The van der Waals surface area contributed by atoms with Crippen LogP contribution in [0.3, 0.4) is 0 Å². The Bertz CT molecular complexity index is 1030. The number of hydrogen-bond donors (Lipinski definition) is 2. The fraction of sp³-hybridized carbons (Fsp3) is 0.217. The first-order valence-corrected chi connectivity index (χ1v) is 10.3. The quantitative estimate of drug-likeness (QED) is 0.561. The Morgan fingerprint density at radius 3 is 2.43 bits per heavy atom. The van der Waals surface area contributed by atoms with Crippen LogP contribution < -0.4 is 10.6 Å². The van der Waals surface area contributed by atoms with Gasteiger partial charge in [-0.25, -0.2) is 0 Å². The molecule has 5 heteroatoms. The molecule has 1 saturated carbocycles. The third kappa shape index (κ3) is 4.54. The number of rotatable bonds is 6. The fourth-order valence-corrected chi connectivity index (χ4v) is 3.93. The average molecular weight is 391 g/mol. The number of hydrogen-bond acceptors (Lipinski definition) is 3. The number of thioether (sulfide) groups is 1. The molecule has 3 aromatic carbocycles. The van der Waals surface area contributed by atoms with Crippen molar-refractivity contribution in [2.45, 2.75) is 29.9 Å². The SMILES string of the molecule is CC(Sc1cccc(NC(=O)C2CC2)c1)C(=O)Nc1ccc2ccccc2c1. The van der Waals surface area contributed by atoms with Crippen LogP contribution in [-0.4, -0.2) is 17.1 Å². The van der Waals surface area contributed by atoms with E-state index in [4.69, 9.17) is 0 Å². The summed E-state index contributed by atoms with van der Waals surface area (Å²) in [5.74, 6) is 0.208. The predicted molar refractivity (Wildman–Crippen MR) is 116 cm³/mol. The Kier molecular flexibility index (Phi) is 5.35. The third-order valence-electron chi connectivity index (χ3n) is 4.75. The van der Waals surface area contributed by atoms with E-state index >= 15 is 0 Å². The maximum atomic E-state index is 12.6. The Balaban J connectivity index is 1.38. The Hall–Kier alpha value is -2.79. The van der Waals surface area contributed by atoms with Gasteiger partial charge in [-0.3, -0.25) is 9.59 Å². The van der Waals surface area contributed by atoms with Gasteiger partial charge in [0, 0.05) is 22.2 Å². The van der Waals surface area contributed by atoms with Crippen molar-refractivity contribution in [3.63, 3.8) is 0 Å². The van der Waals surface area contributed by atoms with Crippen molar-refractivity contribution in [2.24, 2.45) is 5.92 Å². The third-order valence-corrected chi connectivity index (χ3v) is 5.84. The maximum Gasteiger partial charge on any atom is 0.237 e. The molecule has 4 nitrogen and oxygen atoms in total. The van der Waals surface area contributed by atoms with Crippen LogP contribution in [0.4, 0.5) is 11.4 Å². The van der Waals surface area contributed by atoms with Crippen LogP contribution in [0.25, 0.3) is 10.8 Å². The molecule has 0 spiro atoms. The van der Waals surface area contributed by atoms with Crippen LogP contribution >= 0.6 is 11.8 Å². The monoisotopic (exact) mass is 390 g/mol. The van der Waals surface area contributed by atoms with Crippen molar-refractivity contribution in [2.75, 3.05) is 10.6 Å². The molecule has 4 rings (SSSR count). The zero-order chi connectivity index (χ0) is 19.5. The molecular formula is C23H22N2O2S. The summed E-state index contributed by atoms with van der Waals surface area (Å²) >= 11 is 1.48. The van der Waals surface area contributed by atoms with Gasteiger partial charge in [0.25, 0.3) is 0 Å². The highest BCUT2D eigenvalue weighted by Gasteiger charge is 2.29. The minimum absolute atomic E-state index is 0.0484. The molecule has 0 heterocycles. The van der Waals surface area contributed by atoms with E-state index in [0.29, 0.717) is 0 Å². The van der Waals surface area contributed by atoms with Gasteiger partial charge in [0.15, 0.2) is 0 Å². The largest absolute Gasteiger partial charge is 0.326 e. The molecule has 0 bridgehead atoms. The summed E-state index contributed by atoms with van der Waals surface area (Å²) in [4.78, 5) is 25.5. The Labute approximate surface area is 168 Å². The van der Waals surface area contributed by atoms with Gasteiger partial charge in [0.1, 0.15) is 0 Å². The van der Waals surface area contributed by atoms with Gasteiger partial charge in [-0.2, -0.15) is 0 Å². The highest BCUT2D eigenvalue weighted by molar-refractivity contribution is 8.00. The molecule has 1 atom stereocenters. The van der Waals surface area contributed by atoms with Gasteiger partial charge in [-0.15, -0.1) is 11.8 Å². The summed E-state index contributed by atoms with van der Waals surface area (Å²) < 4.78 is 0. The molecule has 1 unspecified atom stereocenters. The smallest absolute Gasteiger partial charge is 0.237 e. The summed E-state index contributed by atoms with van der Waals surface area (Å²) in [6.07, 6.45) is 1.96. The molecule has 0 saturated heterocycles. The molecule has 142 valence electrons. The molecule has 0 aliphatic heterocycles. The zero-order valence-corrected chi connectivity index (χ0v) is 16.5. The number of carbonyl (C=O) groups is 2. The van der Waals surface area contributed by atoms with Crippen LogP contribution in [0.1, 0.15) is 19.8 Å². The zero-order valence-electron chi connectivity index (χ0n) is 15.6. The fourth-order valence-electron chi connectivity index (χ4n) is 3.01. The van der Waals surface area contributed by atoms with Crippen molar-refractivity contribution in [1.29, 1.82) is 0 Å². The second-order valence-corrected chi connectivity index (χ2v) is 8.52. The van der Waals surface area contributed by atoms with Crippen molar-refractivity contribution in [1.82, 2.24) is 0 Å². The number of nitrogens with one attached hydrogen (secondary N) is 2. The van der Waals surface area contributed by atoms with Gasteiger partial charge in [0.05, 0.1) is 5.25 Å². The van der Waals surface area contributed by atoms with Gasteiger partial charge in [-0.1, -0.05) is 36.4 Å². The molecule has 2 N–H and O–H groups in total. The Morgan fingerprint density at radius 1 is 0.893 bits per heavy atom. The van der Waals surface area contributed by atoms with Crippen LogP contribution in [0, 0.1) is 5.92 Å². The number of fused-ring (bicyclic) bond motifs is 1. The van der Waals surface area contributed by atoms with Gasteiger partial charge in [0.2, 0.25) is 11.8 Å². The molecule has 1 aliphatic carbocycles. The lowest BCUT2D eigenvalue weighted by atomic mass is 10.1. The average Bonchev–Trinajstić information content (AvgIpc) is 3.53. The minimum atomic E-state index is -0.263. The van der Waals surface area contributed by atoms with E-state index in [1.165, 1.54) is 11.8 Å². The summed E-state index contributed by atoms with van der Waals surface area (Å²) in [7, 11) is 0. The van der Waals surface area contributed by atoms with E-state index in [-0.39, 0.29) is 23.0 Å². The van der Waals surface area contributed by atoms with E-state index in [0.717, 1.165) is 39.9 Å². The summed E-state index contributed by atoms with van der Waals surface area (Å²) in [5.41, 5.74) is 1.57. The standard InChI is InChI=1S/C23H22N2O2S/c1-15(22(26)24-20-12-11-16-5-2-3-6-18(16)13-20)28-21-8-4-7-19(14-21)25-23(27)17-9-10-17/h2-8,11-15,17H,9-10H2,1H3,(H,24,26)(H,25,27). The topological polar surface area (TPSA) is 58.2 Å². The number of amides is 2. The molecular weight excluding hydrogens is 368 g/mol. The highest BCUT2D eigenvalue weighted by atomic mass is 32.2. The first-order chi connectivity index (χ1) is 13.6. The molecule has 1 fully saturated rings. The number of benzene rings is 3. The van der Waals surface area contributed by atoms with E-state index < -0.39 is 0 Å². The first-order valence-electron chi connectivity index (χ1n) is 9.46. The van der Waals surface area contributed by atoms with Gasteiger partial charge >= 0.3 is 0 Å². The number of carbonyl (C=O) groups excluding carboxylic acids is 2. The van der Waals surface area contributed by atoms with Crippen molar-refractivity contribution >= 4 is 45.7 Å². The van der Waals surface area contributed by atoms with Crippen molar-refractivity contribution in [3.8, 4) is 0 Å². The molecule has 28 heavy (non-hydrogen) atoms. The van der Waals surface area contributed by atoms with Crippen LogP contribution in [0.5, 0.6) is 0 Å². The molecule has 0 aromatic heterocycles. The van der Waals surface area contributed by atoms with Crippen LogP contribution in [-0.2, 0) is 9.59 Å². The molecule has 0 radical (unpaired) electrons. The van der Waals surface area contributed by atoms with E-state index in [2.05, 4.69) is 16.7 Å². The summed E-state index contributed by atoms with van der Waals surface area (Å²) in [5, 5.41) is 7.93. The van der Waals surface area contributed by atoms with Crippen LogP contribution in [0.2, 0.25) is 0 Å². The Morgan fingerprint density at radius 2 is 1.64 bits per heavy atom. The second-order valence-electron chi connectivity index (χ2n) is 7.10. The minimum Gasteiger partial charge on any atom is -0.326 e. The van der Waals surface area contributed by atoms with Crippen LogP contribution in [0.15, 0.2) is 71.6 Å². The lowest BCUT2D eigenvalue weighted by Crippen LogP contribution is -2.22. The highest BCUT2D eigenvalue weighted by Crippen LogP contribution is 2.31. The number of anilines is 2. The molecule has 3 aromatic rings. The lowest BCUT2D eigenvalue weighted by molar-refractivity contribution is -0.117. The van der Waals surface area contributed by atoms with E-state index in [9.17, 15) is 9.59 Å². The molecule has 2 amide bonds. The molecule has 1 aliphatic rings. The van der Waals surface area contributed by atoms with Crippen molar-refractivity contribution < 1.29 is 9.59 Å².